The maximum atomic E-state index is 11.9. The lowest BCUT2D eigenvalue weighted by molar-refractivity contribution is -0.0995. The predicted octanol–water partition coefficient (Wildman–Crippen LogP) is -1.86. The smallest absolute Gasteiger partial charge is 0.351 e. The molecule has 106 valence electrons. The Balaban J connectivity index is 2.51. The number of ether oxygens (including phenoxy) is 1. The number of hydrogen-bond acceptors (Lipinski definition) is 7. The highest BCUT2D eigenvalue weighted by Crippen LogP contribution is 2.37. The fraction of sp³-hybridized carbons (Fsp3) is 0.636. The molecule has 8 heteroatoms. The van der Waals surface area contributed by atoms with Crippen LogP contribution in [-0.4, -0.2) is 49.3 Å². The predicted molar refractivity (Wildman–Crippen MR) is 65.3 cm³/mol. The highest BCUT2D eigenvalue weighted by atomic mass is 16.6. The molecular weight excluding hydrogens is 254 g/mol. The Labute approximate surface area is 109 Å². The molecule has 0 radical (unpaired) electrons. The van der Waals surface area contributed by atoms with Gasteiger partial charge >= 0.3 is 5.69 Å². The van der Waals surface area contributed by atoms with Crippen LogP contribution >= 0.6 is 0 Å². The van der Waals surface area contributed by atoms with E-state index in [9.17, 15) is 15.0 Å². The summed E-state index contributed by atoms with van der Waals surface area (Å²) in [6, 6.07) is 1.46. The summed E-state index contributed by atoms with van der Waals surface area (Å²) in [7, 11) is 0. The molecule has 8 nitrogen and oxygen atoms in total. The number of aliphatic hydroxyl groups excluding tert-OH is 2. The van der Waals surface area contributed by atoms with Gasteiger partial charge in [0.15, 0.2) is 6.23 Å². The Bertz CT molecular complexity index is 542. The maximum absolute atomic E-state index is 11.9. The topological polar surface area (TPSA) is 131 Å². The number of nitrogens with two attached hydrogens (primary N) is 1. The quantitative estimate of drug-likeness (QED) is 0.496. The van der Waals surface area contributed by atoms with E-state index in [1.54, 1.807) is 6.92 Å². The van der Waals surface area contributed by atoms with Crippen LogP contribution in [0.25, 0.3) is 0 Å². The van der Waals surface area contributed by atoms with Crippen molar-refractivity contribution < 1.29 is 20.1 Å². The lowest BCUT2D eigenvalue weighted by Gasteiger charge is -2.28. The molecule has 1 fully saturated rings. The van der Waals surface area contributed by atoms with Crippen molar-refractivity contribution >= 4 is 5.82 Å². The zero-order valence-corrected chi connectivity index (χ0v) is 10.6. The molecule has 1 aromatic heterocycles. The standard InChI is InChI=1S/C11H17N3O5/c1-5-3-7(12)13-10(17)14(5)9-11(2,18)8(16)6(4-15)19-9/h3,6,8-9,15-16,18H,4H2,1-2H3,(H2,12,13,17)/t6-,8?,9-,11-/m1/s1. The summed E-state index contributed by atoms with van der Waals surface area (Å²) in [4.78, 5) is 15.4. The van der Waals surface area contributed by atoms with Gasteiger partial charge in [0.2, 0.25) is 0 Å². The molecule has 1 aliphatic heterocycles. The molecule has 1 saturated heterocycles. The van der Waals surface area contributed by atoms with E-state index >= 15 is 0 Å². The van der Waals surface area contributed by atoms with Gasteiger partial charge in [-0.3, -0.25) is 4.57 Å². The van der Waals surface area contributed by atoms with Crippen LogP contribution < -0.4 is 11.4 Å². The number of aromatic nitrogens is 2. The number of nitrogen functional groups attached to an aromatic ring is 1. The molecule has 0 saturated carbocycles. The maximum Gasteiger partial charge on any atom is 0.351 e. The zero-order chi connectivity index (χ0) is 14.4. The van der Waals surface area contributed by atoms with Gasteiger partial charge < -0.3 is 25.8 Å². The summed E-state index contributed by atoms with van der Waals surface area (Å²) in [5.41, 5.74) is 3.49. The Hall–Kier alpha value is -1.48. The normalized spacial score (nSPS) is 34.7. The first kappa shape index (κ1) is 13.9. The second kappa shape index (κ2) is 4.57. The summed E-state index contributed by atoms with van der Waals surface area (Å²) in [5, 5.41) is 29.3. The summed E-state index contributed by atoms with van der Waals surface area (Å²) in [6.07, 6.45) is -3.42. The fourth-order valence-electron chi connectivity index (χ4n) is 2.28. The molecule has 0 spiro atoms. The van der Waals surface area contributed by atoms with Crippen LogP contribution in [0.1, 0.15) is 18.8 Å². The van der Waals surface area contributed by atoms with Gasteiger partial charge in [0.25, 0.3) is 0 Å². The minimum absolute atomic E-state index is 0.0654. The Morgan fingerprint density at radius 2 is 2.26 bits per heavy atom. The van der Waals surface area contributed by atoms with E-state index in [0.717, 1.165) is 4.57 Å². The van der Waals surface area contributed by atoms with E-state index in [1.807, 2.05) is 0 Å². The van der Waals surface area contributed by atoms with Crippen LogP contribution in [-0.2, 0) is 4.74 Å². The number of hydrogen-bond donors (Lipinski definition) is 4. The van der Waals surface area contributed by atoms with Crippen molar-refractivity contribution in [3.63, 3.8) is 0 Å². The van der Waals surface area contributed by atoms with Gasteiger partial charge in [-0.2, -0.15) is 4.98 Å². The minimum atomic E-state index is -1.72. The molecule has 1 unspecified atom stereocenters. The number of aryl methyl sites for hydroxylation is 1. The second-order valence-corrected chi connectivity index (χ2v) is 4.86. The number of rotatable bonds is 2. The van der Waals surface area contributed by atoms with E-state index in [2.05, 4.69) is 4.98 Å². The van der Waals surface area contributed by atoms with E-state index in [4.69, 9.17) is 15.6 Å². The minimum Gasteiger partial charge on any atom is -0.394 e. The molecule has 0 aromatic carbocycles. The summed E-state index contributed by atoms with van der Waals surface area (Å²) < 4.78 is 6.46. The molecule has 2 heterocycles. The molecule has 19 heavy (non-hydrogen) atoms. The molecule has 0 bridgehead atoms. The van der Waals surface area contributed by atoms with Crippen LogP contribution in [0.2, 0.25) is 0 Å². The van der Waals surface area contributed by atoms with E-state index in [1.165, 1.54) is 13.0 Å². The molecule has 0 amide bonds. The lowest BCUT2D eigenvalue weighted by Crippen LogP contribution is -2.46. The monoisotopic (exact) mass is 271 g/mol. The highest BCUT2D eigenvalue weighted by molar-refractivity contribution is 5.28. The SMILES string of the molecule is Cc1cc(N)nc(=O)n1[C@@H]1O[C@H](CO)C(O)[C@@]1(C)O. The van der Waals surface area contributed by atoms with Crippen LogP contribution in [0.4, 0.5) is 5.82 Å². The first-order valence-corrected chi connectivity index (χ1v) is 5.81. The van der Waals surface area contributed by atoms with Gasteiger partial charge in [0, 0.05) is 5.69 Å². The Morgan fingerprint density at radius 3 is 2.74 bits per heavy atom. The number of nitrogens with zero attached hydrogens (tertiary/aromatic N) is 2. The largest absolute Gasteiger partial charge is 0.394 e. The molecule has 5 N–H and O–H groups in total. The van der Waals surface area contributed by atoms with Crippen molar-refractivity contribution in [2.45, 2.75) is 37.9 Å². The fourth-order valence-corrected chi connectivity index (χ4v) is 2.28. The first-order chi connectivity index (χ1) is 8.78. The molecule has 2 rings (SSSR count). The van der Waals surface area contributed by atoms with E-state index < -0.39 is 36.3 Å². The summed E-state index contributed by atoms with van der Waals surface area (Å²) in [6.45, 7) is 2.47. The lowest BCUT2D eigenvalue weighted by atomic mass is 9.96. The van der Waals surface area contributed by atoms with Crippen molar-refractivity contribution in [2.24, 2.45) is 0 Å². The van der Waals surface area contributed by atoms with Crippen LogP contribution in [0.5, 0.6) is 0 Å². The third-order valence-electron chi connectivity index (χ3n) is 3.34. The highest BCUT2D eigenvalue weighted by Gasteiger charge is 2.53. The summed E-state index contributed by atoms with van der Waals surface area (Å²) in [5.74, 6) is 0.0654. The molecular formula is C11H17N3O5. The van der Waals surface area contributed by atoms with Crippen LogP contribution in [0.3, 0.4) is 0 Å². The van der Waals surface area contributed by atoms with Crippen molar-refractivity contribution in [3.05, 3.63) is 22.2 Å². The molecule has 0 aliphatic carbocycles. The van der Waals surface area contributed by atoms with Crippen molar-refractivity contribution in [1.82, 2.24) is 9.55 Å². The van der Waals surface area contributed by atoms with Gasteiger partial charge in [-0.15, -0.1) is 0 Å². The third-order valence-corrected chi connectivity index (χ3v) is 3.34. The van der Waals surface area contributed by atoms with E-state index in [0.29, 0.717) is 5.69 Å². The Morgan fingerprint density at radius 1 is 1.63 bits per heavy atom. The third kappa shape index (κ3) is 2.12. The van der Waals surface area contributed by atoms with Crippen molar-refractivity contribution in [1.29, 1.82) is 0 Å². The number of aliphatic hydroxyl groups is 3. The molecule has 1 aromatic rings. The average Bonchev–Trinajstić information content (AvgIpc) is 2.51. The average molecular weight is 271 g/mol. The van der Waals surface area contributed by atoms with Crippen molar-refractivity contribution in [2.75, 3.05) is 12.3 Å². The van der Waals surface area contributed by atoms with Crippen LogP contribution in [0.15, 0.2) is 10.9 Å². The first-order valence-electron chi connectivity index (χ1n) is 5.81. The van der Waals surface area contributed by atoms with Gasteiger partial charge in [-0.1, -0.05) is 0 Å². The van der Waals surface area contributed by atoms with Gasteiger partial charge in [-0.05, 0) is 19.9 Å². The van der Waals surface area contributed by atoms with Crippen LogP contribution in [0, 0.1) is 6.92 Å². The van der Waals surface area contributed by atoms with Crippen molar-refractivity contribution in [3.8, 4) is 0 Å². The van der Waals surface area contributed by atoms with Gasteiger partial charge in [-0.25, -0.2) is 4.79 Å². The molecule has 1 aliphatic rings. The van der Waals surface area contributed by atoms with Gasteiger partial charge in [0.05, 0.1) is 6.61 Å². The van der Waals surface area contributed by atoms with Gasteiger partial charge in [0.1, 0.15) is 23.6 Å². The zero-order valence-electron chi connectivity index (χ0n) is 10.6. The second-order valence-electron chi connectivity index (χ2n) is 4.86. The molecule has 4 atom stereocenters. The number of anilines is 1. The summed E-state index contributed by atoms with van der Waals surface area (Å²) >= 11 is 0. The van der Waals surface area contributed by atoms with E-state index in [-0.39, 0.29) is 5.82 Å². The Kier molecular flexibility index (Phi) is 3.35.